The predicted molar refractivity (Wildman–Crippen MR) is 89.5 cm³/mol. The molecule has 2 amide bonds. The topological polar surface area (TPSA) is 58.2 Å². The van der Waals surface area contributed by atoms with Crippen molar-refractivity contribution in [1.29, 1.82) is 0 Å². The minimum atomic E-state index is -0.351. The van der Waals surface area contributed by atoms with E-state index < -0.39 is 0 Å². The molecule has 0 spiro atoms. The lowest BCUT2D eigenvalue weighted by Crippen LogP contribution is -2.46. The summed E-state index contributed by atoms with van der Waals surface area (Å²) in [4.78, 5) is 23.8. The van der Waals surface area contributed by atoms with Gasteiger partial charge in [-0.1, -0.05) is 6.92 Å². The largest absolute Gasteiger partial charge is 0.350 e. The Labute approximate surface area is 135 Å². The number of nitrogens with one attached hydrogen (secondary N) is 2. The normalized spacial score (nSPS) is 12.6. The highest BCUT2D eigenvalue weighted by atomic mass is 32.2. The molecule has 1 unspecified atom stereocenters. The smallest absolute Gasteiger partial charge is 0.234 e. The third kappa shape index (κ3) is 6.47. The third-order valence-electron chi connectivity index (χ3n) is 3.31. The van der Waals surface area contributed by atoms with Crippen molar-refractivity contribution in [2.75, 3.05) is 11.1 Å². The Bertz CT molecular complexity index is 517. The average molecular weight is 326 g/mol. The van der Waals surface area contributed by atoms with Crippen molar-refractivity contribution >= 4 is 29.3 Å². The maximum absolute atomic E-state index is 12.8. The van der Waals surface area contributed by atoms with Gasteiger partial charge in [-0.15, -0.1) is 11.8 Å². The van der Waals surface area contributed by atoms with Crippen molar-refractivity contribution < 1.29 is 14.0 Å². The second kappa shape index (κ2) is 8.17. The molecule has 6 heteroatoms. The molecule has 1 aromatic carbocycles. The Morgan fingerprint density at radius 3 is 2.41 bits per heavy atom. The number of carbonyl (C=O) groups excluding carboxylic acids is 2. The molecule has 0 aliphatic rings. The van der Waals surface area contributed by atoms with E-state index in [-0.39, 0.29) is 34.2 Å². The molecule has 0 saturated heterocycles. The second-order valence-corrected chi connectivity index (χ2v) is 7.06. The van der Waals surface area contributed by atoms with Crippen LogP contribution < -0.4 is 10.6 Å². The van der Waals surface area contributed by atoms with Gasteiger partial charge in [0, 0.05) is 11.2 Å². The molecule has 0 aromatic heterocycles. The first kappa shape index (κ1) is 18.5. The van der Waals surface area contributed by atoms with Crippen LogP contribution in [-0.4, -0.2) is 28.4 Å². The Balaban J connectivity index is 2.40. The highest BCUT2D eigenvalue weighted by Crippen LogP contribution is 2.15. The van der Waals surface area contributed by atoms with Crippen molar-refractivity contribution in [3.05, 3.63) is 30.1 Å². The van der Waals surface area contributed by atoms with Crippen LogP contribution in [0.2, 0.25) is 0 Å². The Hall–Kier alpha value is -1.56. The van der Waals surface area contributed by atoms with E-state index in [1.165, 1.54) is 36.0 Å². The minimum Gasteiger partial charge on any atom is -0.350 e. The number of carbonyl (C=O) groups is 2. The zero-order valence-corrected chi connectivity index (χ0v) is 14.2. The molecule has 122 valence electrons. The number of amides is 2. The minimum absolute atomic E-state index is 0.0774. The summed E-state index contributed by atoms with van der Waals surface area (Å²) in [6.07, 6.45) is 0.835. The van der Waals surface area contributed by atoms with Gasteiger partial charge in [-0.3, -0.25) is 9.59 Å². The zero-order chi connectivity index (χ0) is 16.8. The van der Waals surface area contributed by atoms with E-state index in [4.69, 9.17) is 0 Å². The molecule has 0 radical (unpaired) electrons. The molecule has 0 aliphatic heterocycles. The molecule has 0 aliphatic carbocycles. The molecule has 0 heterocycles. The standard InChI is InChI=1S/C16H23FN2O2S/c1-5-16(3,4)19-15(21)11(2)22-10-14(20)18-13-8-6-12(17)7-9-13/h6-9,11H,5,10H2,1-4H3,(H,18,20)(H,19,21). The predicted octanol–water partition coefficient (Wildman–Crippen LogP) is 3.19. The van der Waals surface area contributed by atoms with Gasteiger partial charge in [0.2, 0.25) is 11.8 Å². The first-order chi connectivity index (χ1) is 10.2. The summed E-state index contributed by atoms with van der Waals surface area (Å²) >= 11 is 1.27. The number of thioether (sulfide) groups is 1. The summed E-state index contributed by atoms with van der Waals surface area (Å²) in [6, 6.07) is 5.56. The molecular formula is C16H23FN2O2S. The maximum atomic E-state index is 12.8. The van der Waals surface area contributed by atoms with Crippen LogP contribution in [0.15, 0.2) is 24.3 Å². The van der Waals surface area contributed by atoms with Crippen molar-refractivity contribution in [3.63, 3.8) is 0 Å². The van der Waals surface area contributed by atoms with Gasteiger partial charge in [-0.2, -0.15) is 0 Å². The van der Waals surface area contributed by atoms with E-state index in [1.807, 2.05) is 20.8 Å². The van der Waals surface area contributed by atoms with Crippen LogP contribution in [0.5, 0.6) is 0 Å². The summed E-state index contributed by atoms with van der Waals surface area (Å²) < 4.78 is 12.8. The molecule has 1 aromatic rings. The molecule has 1 atom stereocenters. The van der Waals surface area contributed by atoms with Gasteiger partial charge < -0.3 is 10.6 Å². The summed E-state index contributed by atoms with van der Waals surface area (Å²) in [5.74, 6) is -0.480. The van der Waals surface area contributed by atoms with Gasteiger partial charge in [0.15, 0.2) is 0 Å². The summed E-state index contributed by atoms with van der Waals surface area (Å²) in [7, 11) is 0. The fraction of sp³-hybridized carbons (Fsp3) is 0.500. The van der Waals surface area contributed by atoms with E-state index in [0.29, 0.717) is 5.69 Å². The number of anilines is 1. The van der Waals surface area contributed by atoms with Crippen LogP contribution in [0.25, 0.3) is 0 Å². The van der Waals surface area contributed by atoms with Gasteiger partial charge >= 0.3 is 0 Å². The SMILES string of the molecule is CCC(C)(C)NC(=O)C(C)SCC(=O)Nc1ccc(F)cc1. The van der Waals surface area contributed by atoms with Crippen molar-refractivity contribution in [1.82, 2.24) is 5.32 Å². The summed E-state index contributed by atoms with van der Waals surface area (Å²) in [5, 5.41) is 5.30. The summed E-state index contributed by atoms with van der Waals surface area (Å²) in [6.45, 7) is 7.71. The van der Waals surface area contributed by atoms with E-state index in [9.17, 15) is 14.0 Å². The van der Waals surface area contributed by atoms with Crippen LogP contribution in [0.1, 0.15) is 34.1 Å². The van der Waals surface area contributed by atoms with E-state index in [0.717, 1.165) is 6.42 Å². The summed E-state index contributed by atoms with van der Waals surface area (Å²) in [5.41, 5.74) is 0.290. The molecular weight excluding hydrogens is 303 g/mol. The van der Waals surface area contributed by atoms with Crippen LogP contribution in [0, 0.1) is 5.82 Å². The van der Waals surface area contributed by atoms with Crippen molar-refractivity contribution in [2.45, 2.75) is 44.9 Å². The molecule has 2 N–H and O–H groups in total. The average Bonchev–Trinajstić information content (AvgIpc) is 2.46. The highest BCUT2D eigenvalue weighted by molar-refractivity contribution is 8.01. The van der Waals surface area contributed by atoms with Gasteiger partial charge in [0.25, 0.3) is 0 Å². The lowest BCUT2D eigenvalue weighted by Gasteiger charge is -2.26. The van der Waals surface area contributed by atoms with Gasteiger partial charge in [-0.25, -0.2) is 4.39 Å². The monoisotopic (exact) mass is 326 g/mol. The van der Waals surface area contributed by atoms with Crippen LogP contribution >= 0.6 is 11.8 Å². The molecule has 22 heavy (non-hydrogen) atoms. The van der Waals surface area contributed by atoms with E-state index >= 15 is 0 Å². The Kier molecular flexibility index (Phi) is 6.87. The lowest BCUT2D eigenvalue weighted by atomic mass is 10.0. The molecule has 0 bridgehead atoms. The van der Waals surface area contributed by atoms with Gasteiger partial charge in [0.05, 0.1) is 11.0 Å². The molecule has 0 fully saturated rings. The Morgan fingerprint density at radius 1 is 1.27 bits per heavy atom. The molecule has 0 saturated carbocycles. The fourth-order valence-electron chi connectivity index (χ4n) is 1.53. The van der Waals surface area contributed by atoms with E-state index in [1.54, 1.807) is 6.92 Å². The fourth-order valence-corrected chi connectivity index (χ4v) is 2.21. The van der Waals surface area contributed by atoms with Crippen LogP contribution in [0.4, 0.5) is 10.1 Å². The molecule has 4 nitrogen and oxygen atoms in total. The van der Waals surface area contributed by atoms with Crippen LogP contribution in [0.3, 0.4) is 0 Å². The first-order valence-electron chi connectivity index (χ1n) is 7.22. The number of benzene rings is 1. The third-order valence-corrected chi connectivity index (χ3v) is 4.45. The van der Waals surface area contributed by atoms with Gasteiger partial charge in [-0.05, 0) is 51.5 Å². The van der Waals surface area contributed by atoms with Crippen molar-refractivity contribution in [3.8, 4) is 0 Å². The Morgan fingerprint density at radius 2 is 1.86 bits per heavy atom. The maximum Gasteiger partial charge on any atom is 0.234 e. The van der Waals surface area contributed by atoms with Crippen LogP contribution in [-0.2, 0) is 9.59 Å². The van der Waals surface area contributed by atoms with E-state index in [2.05, 4.69) is 10.6 Å². The quantitative estimate of drug-likeness (QED) is 0.809. The van der Waals surface area contributed by atoms with Gasteiger partial charge in [0.1, 0.15) is 5.82 Å². The zero-order valence-electron chi connectivity index (χ0n) is 13.4. The van der Waals surface area contributed by atoms with Crippen molar-refractivity contribution in [2.24, 2.45) is 0 Å². The number of halogens is 1. The number of hydrogen-bond acceptors (Lipinski definition) is 3. The number of hydrogen-bond donors (Lipinski definition) is 2. The number of rotatable bonds is 7. The highest BCUT2D eigenvalue weighted by Gasteiger charge is 2.22. The lowest BCUT2D eigenvalue weighted by molar-refractivity contribution is -0.121. The molecule has 1 rings (SSSR count). The second-order valence-electron chi connectivity index (χ2n) is 5.73. The first-order valence-corrected chi connectivity index (χ1v) is 8.27.